The van der Waals surface area contributed by atoms with E-state index in [2.05, 4.69) is 20.9 Å². The van der Waals surface area contributed by atoms with Crippen molar-refractivity contribution in [1.82, 2.24) is 0 Å². The maximum absolute atomic E-state index is 11.8. The van der Waals surface area contributed by atoms with Crippen molar-refractivity contribution in [3.63, 3.8) is 0 Å². The standard InChI is InChI=1S/C9H14BrNO2S3/c1-5(2)11-8-14-6-4-16(12,13)7(10)9(6,3)15-8/h5-7H,4H2,1-3H3/t6-,7-,9+/m1/s1. The summed E-state index contributed by atoms with van der Waals surface area (Å²) >= 11 is 6.57. The second-order valence-electron chi connectivity index (χ2n) is 4.53. The molecule has 0 aliphatic carbocycles. The lowest BCUT2D eigenvalue weighted by atomic mass is 10.1. The Labute approximate surface area is 113 Å². The van der Waals surface area contributed by atoms with Crippen LogP contribution in [0.25, 0.3) is 0 Å². The van der Waals surface area contributed by atoms with Crippen LogP contribution in [0, 0.1) is 0 Å². The molecule has 0 aromatic heterocycles. The van der Waals surface area contributed by atoms with Crippen molar-refractivity contribution in [3.05, 3.63) is 0 Å². The van der Waals surface area contributed by atoms with E-state index in [-0.39, 0.29) is 21.8 Å². The summed E-state index contributed by atoms with van der Waals surface area (Å²) in [5, 5.41) is 0.129. The highest BCUT2D eigenvalue weighted by Crippen LogP contribution is 2.57. The molecule has 0 unspecified atom stereocenters. The van der Waals surface area contributed by atoms with Crippen LogP contribution in [0.15, 0.2) is 4.99 Å². The zero-order chi connectivity index (χ0) is 12.1. The Balaban J connectivity index is 2.28. The molecule has 0 aromatic carbocycles. The van der Waals surface area contributed by atoms with Gasteiger partial charge in [0.25, 0.3) is 0 Å². The van der Waals surface area contributed by atoms with Gasteiger partial charge >= 0.3 is 0 Å². The Kier molecular flexibility index (Phi) is 3.45. The molecule has 3 atom stereocenters. The van der Waals surface area contributed by atoms with Crippen LogP contribution in [0.5, 0.6) is 0 Å². The third-order valence-electron chi connectivity index (χ3n) is 2.70. The molecular formula is C9H14BrNO2S3. The fourth-order valence-corrected chi connectivity index (χ4v) is 9.69. The molecular weight excluding hydrogens is 330 g/mol. The number of nitrogens with zero attached hydrogens (tertiary/aromatic N) is 1. The van der Waals surface area contributed by atoms with Gasteiger partial charge in [0.15, 0.2) is 9.84 Å². The molecule has 0 bridgehead atoms. The minimum atomic E-state index is -2.97. The maximum atomic E-state index is 11.8. The predicted octanol–water partition coefficient (Wildman–Crippen LogP) is 2.51. The Morgan fingerprint density at radius 3 is 2.69 bits per heavy atom. The molecule has 0 radical (unpaired) electrons. The number of alkyl halides is 1. The largest absolute Gasteiger partial charge is 0.269 e. The van der Waals surface area contributed by atoms with Crippen LogP contribution < -0.4 is 0 Å². The molecule has 0 aromatic rings. The number of hydrogen-bond donors (Lipinski definition) is 0. The van der Waals surface area contributed by atoms with Gasteiger partial charge in [-0.15, -0.1) is 0 Å². The first-order valence-corrected chi connectivity index (χ1v) is 9.37. The number of fused-ring (bicyclic) bond motifs is 1. The summed E-state index contributed by atoms with van der Waals surface area (Å²) in [6, 6.07) is 0.266. The highest BCUT2D eigenvalue weighted by Gasteiger charge is 2.60. The van der Waals surface area contributed by atoms with Crippen LogP contribution >= 0.6 is 39.5 Å². The van der Waals surface area contributed by atoms with Gasteiger partial charge in [0, 0.05) is 11.3 Å². The van der Waals surface area contributed by atoms with E-state index in [0.29, 0.717) is 0 Å². The lowest BCUT2D eigenvalue weighted by Crippen LogP contribution is -2.33. The van der Waals surface area contributed by atoms with Crippen LogP contribution in [0.3, 0.4) is 0 Å². The Morgan fingerprint density at radius 1 is 1.56 bits per heavy atom. The fourth-order valence-electron chi connectivity index (χ4n) is 1.83. The lowest BCUT2D eigenvalue weighted by Gasteiger charge is -2.22. The molecule has 2 aliphatic heterocycles. The molecule has 3 nitrogen and oxygen atoms in total. The van der Waals surface area contributed by atoms with Gasteiger partial charge in [-0.3, -0.25) is 4.99 Å². The summed E-state index contributed by atoms with van der Waals surface area (Å²) in [6.07, 6.45) is 0. The Morgan fingerprint density at radius 2 is 2.19 bits per heavy atom. The van der Waals surface area contributed by atoms with Crippen molar-refractivity contribution in [2.45, 2.75) is 41.0 Å². The van der Waals surface area contributed by atoms with Crippen molar-refractivity contribution >= 4 is 53.7 Å². The van der Waals surface area contributed by atoms with Gasteiger partial charge in [0.1, 0.15) is 8.53 Å². The monoisotopic (exact) mass is 343 g/mol. The molecule has 92 valence electrons. The minimum Gasteiger partial charge on any atom is -0.269 e. The second-order valence-corrected chi connectivity index (χ2v) is 11.1. The average molecular weight is 344 g/mol. The smallest absolute Gasteiger partial charge is 0.165 e. The van der Waals surface area contributed by atoms with Crippen LogP contribution in [-0.2, 0) is 9.84 Å². The molecule has 2 aliphatic rings. The Bertz CT molecular complexity index is 434. The van der Waals surface area contributed by atoms with E-state index >= 15 is 0 Å². The SMILES string of the molecule is CC(C)N=C1S[C@@H]2CS(=O)(=O)[C@@H](Br)[C@@]2(C)S1. The molecule has 16 heavy (non-hydrogen) atoms. The molecule has 0 N–H and O–H groups in total. The van der Waals surface area contributed by atoms with Crippen molar-refractivity contribution in [2.75, 3.05) is 5.75 Å². The van der Waals surface area contributed by atoms with Crippen molar-refractivity contribution < 1.29 is 8.42 Å². The van der Waals surface area contributed by atoms with Crippen LogP contribution in [0.4, 0.5) is 0 Å². The zero-order valence-electron chi connectivity index (χ0n) is 9.31. The summed E-state index contributed by atoms with van der Waals surface area (Å²) < 4.78 is 23.9. The molecule has 2 fully saturated rings. The third-order valence-corrected chi connectivity index (χ3v) is 11.1. The highest BCUT2D eigenvalue weighted by atomic mass is 79.9. The van der Waals surface area contributed by atoms with E-state index in [1.165, 1.54) is 0 Å². The maximum Gasteiger partial charge on any atom is 0.165 e. The summed E-state index contributed by atoms with van der Waals surface area (Å²) in [5.74, 6) is 0.258. The third kappa shape index (κ3) is 2.08. The van der Waals surface area contributed by atoms with Gasteiger partial charge in [-0.1, -0.05) is 39.5 Å². The van der Waals surface area contributed by atoms with E-state index in [4.69, 9.17) is 0 Å². The number of thioether (sulfide) groups is 2. The second kappa shape index (κ2) is 4.17. The first kappa shape index (κ1) is 13.2. The first-order valence-electron chi connectivity index (χ1n) is 5.05. The summed E-state index contributed by atoms with van der Waals surface area (Å²) in [5.41, 5.74) is 0. The highest BCUT2D eigenvalue weighted by molar-refractivity contribution is 9.11. The first-order chi connectivity index (χ1) is 7.25. The molecule has 0 amide bonds. The number of halogens is 1. The van der Waals surface area contributed by atoms with Crippen LogP contribution in [-0.4, -0.2) is 38.7 Å². The molecule has 2 heterocycles. The number of rotatable bonds is 1. The van der Waals surface area contributed by atoms with Gasteiger partial charge in [0.05, 0.1) is 10.5 Å². The summed E-state index contributed by atoms with van der Waals surface area (Å²) in [4.78, 5) is 4.51. The Hall–Kier alpha value is 0.800. The van der Waals surface area contributed by atoms with Gasteiger partial charge in [-0.25, -0.2) is 8.42 Å². The molecule has 0 saturated carbocycles. The van der Waals surface area contributed by atoms with E-state index < -0.39 is 14.0 Å². The van der Waals surface area contributed by atoms with E-state index in [1.54, 1.807) is 23.5 Å². The fraction of sp³-hybridized carbons (Fsp3) is 0.889. The predicted molar refractivity (Wildman–Crippen MR) is 76.4 cm³/mol. The summed E-state index contributed by atoms with van der Waals surface area (Å²) in [7, 11) is -2.97. The topological polar surface area (TPSA) is 46.5 Å². The lowest BCUT2D eigenvalue weighted by molar-refractivity contribution is 0.599. The van der Waals surface area contributed by atoms with Crippen molar-refractivity contribution in [3.8, 4) is 0 Å². The van der Waals surface area contributed by atoms with Crippen molar-refractivity contribution in [1.29, 1.82) is 0 Å². The van der Waals surface area contributed by atoms with Gasteiger partial charge in [0.2, 0.25) is 0 Å². The molecule has 0 spiro atoms. The average Bonchev–Trinajstić information content (AvgIpc) is 2.47. The molecule has 7 heteroatoms. The van der Waals surface area contributed by atoms with Crippen LogP contribution in [0.1, 0.15) is 20.8 Å². The summed E-state index contributed by atoms with van der Waals surface area (Å²) in [6.45, 7) is 6.09. The number of hydrogen-bond acceptors (Lipinski definition) is 5. The number of aliphatic imine (C=N–C) groups is 1. The van der Waals surface area contributed by atoms with E-state index in [0.717, 1.165) is 4.38 Å². The quantitative estimate of drug-likeness (QED) is 0.686. The normalized spacial score (nSPS) is 44.2. The minimum absolute atomic E-state index is 0.129. The van der Waals surface area contributed by atoms with Gasteiger partial charge in [-0.2, -0.15) is 0 Å². The molecule has 2 rings (SSSR count). The van der Waals surface area contributed by atoms with Crippen LogP contribution in [0.2, 0.25) is 0 Å². The van der Waals surface area contributed by atoms with E-state index in [9.17, 15) is 8.42 Å². The van der Waals surface area contributed by atoms with Crippen molar-refractivity contribution in [2.24, 2.45) is 4.99 Å². The zero-order valence-corrected chi connectivity index (χ0v) is 13.3. The molecule has 2 saturated heterocycles. The van der Waals surface area contributed by atoms with Gasteiger partial charge in [-0.05, 0) is 20.8 Å². The van der Waals surface area contributed by atoms with Gasteiger partial charge < -0.3 is 0 Å². The van der Waals surface area contributed by atoms with E-state index in [1.807, 2.05) is 20.8 Å². The number of sulfone groups is 1.